The van der Waals surface area contributed by atoms with Crippen LogP contribution in [0.1, 0.15) is 26.7 Å². The molecule has 0 saturated carbocycles. The molecule has 1 aromatic carbocycles. The molecule has 0 radical (unpaired) electrons. The van der Waals surface area contributed by atoms with Gasteiger partial charge in [0, 0.05) is 12.6 Å². The van der Waals surface area contributed by atoms with Crippen LogP contribution < -0.4 is 14.8 Å². The fraction of sp³-hybridized carbons (Fsp3) is 0.571. The zero-order valence-electron chi connectivity index (χ0n) is 11.2. The van der Waals surface area contributed by atoms with Crippen LogP contribution in [0.2, 0.25) is 0 Å². The highest BCUT2D eigenvalue weighted by Gasteiger charge is 2.07. The van der Waals surface area contributed by atoms with E-state index >= 15 is 0 Å². The second-order valence-electron chi connectivity index (χ2n) is 4.13. The first-order valence-corrected chi connectivity index (χ1v) is 6.21. The summed E-state index contributed by atoms with van der Waals surface area (Å²) >= 11 is 0. The lowest BCUT2D eigenvalue weighted by Gasteiger charge is -2.16. The predicted octanol–water partition coefficient (Wildman–Crippen LogP) is 3.55. The van der Waals surface area contributed by atoms with E-state index in [1.54, 1.807) is 14.2 Å². The molecule has 0 amide bonds. The van der Waals surface area contributed by atoms with Crippen molar-refractivity contribution in [1.82, 2.24) is 0 Å². The van der Waals surface area contributed by atoms with E-state index in [2.05, 4.69) is 19.2 Å². The molecule has 0 aliphatic rings. The minimum Gasteiger partial charge on any atom is -0.497 e. The second-order valence-corrected chi connectivity index (χ2v) is 4.13. The third kappa shape index (κ3) is 3.84. The summed E-state index contributed by atoms with van der Waals surface area (Å²) in [5, 5.41) is 3.44. The van der Waals surface area contributed by atoms with E-state index in [1.807, 2.05) is 18.2 Å². The maximum Gasteiger partial charge on any atom is 0.145 e. The first-order chi connectivity index (χ1) is 8.24. The van der Waals surface area contributed by atoms with Gasteiger partial charge in [-0.1, -0.05) is 26.7 Å². The van der Waals surface area contributed by atoms with Gasteiger partial charge in [0.05, 0.1) is 19.9 Å². The van der Waals surface area contributed by atoms with E-state index in [9.17, 15) is 0 Å². The molecule has 0 atom stereocenters. The summed E-state index contributed by atoms with van der Waals surface area (Å²) in [6.07, 6.45) is 2.39. The van der Waals surface area contributed by atoms with Crippen LogP contribution in [-0.4, -0.2) is 20.8 Å². The molecule has 96 valence electrons. The van der Waals surface area contributed by atoms with Crippen molar-refractivity contribution >= 4 is 5.69 Å². The molecule has 0 fully saturated rings. The SMILES string of the molecule is CCC(CC)CNc1ccc(OC)cc1OC. The van der Waals surface area contributed by atoms with Gasteiger partial charge >= 0.3 is 0 Å². The van der Waals surface area contributed by atoms with Gasteiger partial charge in [0.1, 0.15) is 11.5 Å². The standard InChI is InChI=1S/C14H23NO2/c1-5-11(6-2)10-15-13-8-7-12(16-3)9-14(13)17-4/h7-9,11,15H,5-6,10H2,1-4H3. The molecule has 1 rings (SSSR count). The lowest BCUT2D eigenvalue weighted by Crippen LogP contribution is -2.13. The van der Waals surface area contributed by atoms with E-state index in [4.69, 9.17) is 9.47 Å². The summed E-state index contributed by atoms with van der Waals surface area (Å²) in [6, 6.07) is 5.84. The summed E-state index contributed by atoms with van der Waals surface area (Å²) in [7, 11) is 3.34. The summed E-state index contributed by atoms with van der Waals surface area (Å²) in [6.45, 7) is 5.43. The molecule has 17 heavy (non-hydrogen) atoms. The Morgan fingerprint density at radius 3 is 2.35 bits per heavy atom. The van der Waals surface area contributed by atoms with Crippen LogP contribution >= 0.6 is 0 Å². The lowest BCUT2D eigenvalue weighted by molar-refractivity contribution is 0.395. The van der Waals surface area contributed by atoms with Crippen molar-refractivity contribution in [2.75, 3.05) is 26.1 Å². The van der Waals surface area contributed by atoms with Gasteiger partial charge in [-0.15, -0.1) is 0 Å². The number of anilines is 1. The Morgan fingerprint density at radius 1 is 1.12 bits per heavy atom. The second kappa shape index (κ2) is 7.05. The molecule has 0 aliphatic carbocycles. The van der Waals surface area contributed by atoms with E-state index in [0.29, 0.717) is 5.92 Å². The third-order valence-electron chi connectivity index (χ3n) is 3.14. The van der Waals surface area contributed by atoms with E-state index in [-0.39, 0.29) is 0 Å². The predicted molar refractivity (Wildman–Crippen MR) is 72.1 cm³/mol. The van der Waals surface area contributed by atoms with Gasteiger partial charge < -0.3 is 14.8 Å². The Balaban J connectivity index is 2.70. The molecule has 0 heterocycles. The van der Waals surface area contributed by atoms with Gasteiger partial charge in [0.15, 0.2) is 0 Å². The first kappa shape index (κ1) is 13.7. The summed E-state index contributed by atoms with van der Waals surface area (Å²) < 4.78 is 10.5. The molecule has 3 nitrogen and oxygen atoms in total. The van der Waals surface area contributed by atoms with Crippen molar-refractivity contribution in [3.8, 4) is 11.5 Å². The molecule has 0 aromatic heterocycles. The van der Waals surface area contributed by atoms with Crippen molar-refractivity contribution in [3.05, 3.63) is 18.2 Å². The van der Waals surface area contributed by atoms with Crippen molar-refractivity contribution in [3.63, 3.8) is 0 Å². The van der Waals surface area contributed by atoms with Gasteiger partial charge in [0.25, 0.3) is 0 Å². The fourth-order valence-electron chi connectivity index (χ4n) is 1.78. The smallest absolute Gasteiger partial charge is 0.145 e. The third-order valence-corrected chi connectivity index (χ3v) is 3.14. The van der Waals surface area contributed by atoms with Crippen LogP contribution in [0.3, 0.4) is 0 Å². The highest BCUT2D eigenvalue weighted by molar-refractivity contribution is 5.59. The molecule has 0 saturated heterocycles. The summed E-state index contributed by atoms with van der Waals surface area (Å²) in [5.41, 5.74) is 1.03. The quantitative estimate of drug-likeness (QED) is 0.786. The van der Waals surface area contributed by atoms with Crippen molar-refractivity contribution in [1.29, 1.82) is 0 Å². The summed E-state index contributed by atoms with van der Waals surface area (Å²) in [5.74, 6) is 2.35. The number of methoxy groups -OCH3 is 2. The zero-order valence-corrected chi connectivity index (χ0v) is 11.2. The number of rotatable bonds is 7. The van der Waals surface area contributed by atoms with Crippen LogP contribution in [0.5, 0.6) is 11.5 Å². The van der Waals surface area contributed by atoms with Crippen LogP contribution in [-0.2, 0) is 0 Å². The molecule has 0 aliphatic heterocycles. The zero-order chi connectivity index (χ0) is 12.7. The monoisotopic (exact) mass is 237 g/mol. The summed E-state index contributed by atoms with van der Waals surface area (Å²) in [4.78, 5) is 0. The largest absolute Gasteiger partial charge is 0.497 e. The Kier molecular flexibility index (Phi) is 5.67. The molecule has 1 N–H and O–H groups in total. The number of hydrogen-bond donors (Lipinski definition) is 1. The number of ether oxygens (including phenoxy) is 2. The molecule has 0 spiro atoms. The molecular weight excluding hydrogens is 214 g/mol. The van der Waals surface area contributed by atoms with Gasteiger partial charge in [-0.2, -0.15) is 0 Å². The van der Waals surface area contributed by atoms with Crippen LogP contribution in [0.15, 0.2) is 18.2 Å². The Morgan fingerprint density at radius 2 is 1.82 bits per heavy atom. The maximum atomic E-state index is 5.34. The highest BCUT2D eigenvalue weighted by atomic mass is 16.5. The molecule has 1 aromatic rings. The van der Waals surface area contributed by atoms with E-state index < -0.39 is 0 Å². The molecular formula is C14H23NO2. The van der Waals surface area contributed by atoms with E-state index in [1.165, 1.54) is 12.8 Å². The highest BCUT2D eigenvalue weighted by Crippen LogP contribution is 2.29. The van der Waals surface area contributed by atoms with Crippen molar-refractivity contribution < 1.29 is 9.47 Å². The molecule has 3 heteroatoms. The number of hydrogen-bond acceptors (Lipinski definition) is 3. The van der Waals surface area contributed by atoms with Crippen LogP contribution in [0, 0.1) is 5.92 Å². The first-order valence-electron chi connectivity index (χ1n) is 6.21. The average Bonchev–Trinajstić information content (AvgIpc) is 2.39. The molecule has 0 unspecified atom stereocenters. The average molecular weight is 237 g/mol. The Labute approximate surface area is 104 Å². The van der Waals surface area contributed by atoms with Crippen molar-refractivity contribution in [2.45, 2.75) is 26.7 Å². The Hall–Kier alpha value is -1.38. The fourth-order valence-corrected chi connectivity index (χ4v) is 1.78. The van der Waals surface area contributed by atoms with E-state index in [0.717, 1.165) is 23.7 Å². The minimum absolute atomic E-state index is 0.710. The van der Waals surface area contributed by atoms with Gasteiger partial charge in [0.2, 0.25) is 0 Å². The Bertz CT molecular complexity index is 335. The number of nitrogens with one attached hydrogen (secondary N) is 1. The van der Waals surface area contributed by atoms with Crippen molar-refractivity contribution in [2.24, 2.45) is 5.92 Å². The lowest BCUT2D eigenvalue weighted by atomic mass is 10.0. The van der Waals surface area contributed by atoms with Gasteiger partial charge in [-0.25, -0.2) is 0 Å². The maximum absolute atomic E-state index is 5.34. The topological polar surface area (TPSA) is 30.5 Å². The number of benzene rings is 1. The minimum atomic E-state index is 0.710. The van der Waals surface area contributed by atoms with Gasteiger partial charge in [-0.3, -0.25) is 0 Å². The van der Waals surface area contributed by atoms with Gasteiger partial charge in [-0.05, 0) is 18.1 Å². The normalized spacial score (nSPS) is 10.4. The van der Waals surface area contributed by atoms with Crippen LogP contribution in [0.25, 0.3) is 0 Å². The molecule has 0 bridgehead atoms. The van der Waals surface area contributed by atoms with Crippen LogP contribution in [0.4, 0.5) is 5.69 Å².